The average molecular weight is 298 g/mol. The normalized spacial score (nSPS) is 11.9. The molecule has 0 radical (unpaired) electrons. The molecule has 0 aromatic carbocycles. The summed E-state index contributed by atoms with van der Waals surface area (Å²) in [6, 6.07) is 0.386. The highest BCUT2D eigenvalue weighted by atomic mass is 32.2. The van der Waals surface area contributed by atoms with E-state index in [1.807, 2.05) is 13.8 Å². The van der Waals surface area contributed by atoms with E-state index in [2.05, 4.69) is 25.3 Å². The van der Waals surface area contributed by atoms with Gasteiger partial charge in [0.05, 0.1) is 24.6 Å². The van der Waals surface area contributed by atoms with Crippen LogP contribution in [-0.4, -0.2) is 41.0 Å². The maximum Gasteiger partial charge on any atom is 0.265 e. The zero-order chi connectivity index (χ0) is 14.6. The maximum atomic E-state index is 12.1. The fourth-order valence-corrected chi connectivity index (χ4v) is 2.58. The Balaban J connectivity index is 2.00. The van der Waals surface area contributed by atoms with Crippen molar-refractivity contribution < 1.29 is 8.42 Å². The zero-order valence-corrected chi connectivity index (χ0v) is 12.2. The predicted octanol–water partition coefficient (Wildman–Crippen LogP) is 0.405. The molecule has 2 aromatic heterocycles. The van der Waals surface area contributed by atoms with Gasteiger partial charge in [0.15, 0.2) is 0 Å². The van der Waals surface area contributed by atoms with E-state index < -0.39 is 10.0 Å². The fourth-order valence-electron chi connectivity index (χ4n) is 1.59. The summed E-state index contributed by atoms with van der Waals surface area (Å²) in [5.41, 5.74) is 0.388. The summed E-state index contributed by atoms with van der Waals surface area (Å²) in [4.78, 5) is 0.128. The lowest BCUT2D eigenvalue weighted by molar-refractivity contribution is 0.515. The van der Waals surface area contributed by atoms with Crippen molar-refractivity contribution in [3.63, 3.8) is 0 Å². The first kappa shape index (κ1) is 14.5. The Morgan fingerprint density at radius 1 is 1.40 bits per heavy atom. The van der Waals surface area contributed by atoms with E-state index in [1.54, 1.807) is 4.68 Å². The number of anilines is 1. The molecule has 0 aliphatic carbocycles. The van der Waals surface area contributed by atoms with Crippen molar-refractivity contribution in [1.29, 1.82) is 0 Å². The molecule has 2 rings (SSSR count). The van der Waals surface area contributed by atoms with E-state index in [1.165, 1.54) is 24.8 Å². The third-order valence-electron chi connectivity index (χ3n) is 2.56. The molecule has 20 heavy (non-hydrogen) atoms. The van der Waals surface area contributed by atoms with Gasteiger partial charge in [-0.05, 0) is 0 Å². The van der Waals surface area contributed by atoms with Gasteiger partial charge in [-0.15, -0.1) is 0 Å². The van der Waals surface area contributed by atoms with Gasteiger partial charge in [0.1, 0.15) is 4.90 Å². The van der Waals surface area contributed by atoms with Crippen LogP contribution in [0.3, 0.4) is 0 Å². The molecule has 9 heteroatoms. The largest absolute Gasteiger partial charge is 0.313 e. The minimum atomic E-state index is -3.62. The number of sulfonamides is 1. The first-order valence-electron chi connectivity index (χ1n) is 6.25. The molecule has 0 aliphatic heterocycles. The van der Waals surface area contributed by atoms with Gasteiger partial charge < -0.3 is 5.32 Å². The SMILES string of the molecule is CC(C)NCCn1cc(S(=O)(=O)Nc2cn[nH]c2)cn1. The molecule has 0 fully saturated rings. The van der Waals surface area contributed by atoms with Gasteiger partial charge in [-0.1, -0.05) is 13.8 Å². The smallest absolute Gasteiger partial charge is 0.265 e. The number of aromatic amines is 1. The minimum Gasteiger partial charge on any atom is -0.313 e. The Bertz CT molecular complexity index is 632. The number of rotatable bonds is 7. The van der Waals surface area contributed by atoms with Crippen LogP contribution in [0, 0.1) is 0 Å². The van der Waals surface area contributed by atoms with E-state index in [4.69, 9.17) is 0 Å². The quantitative estimate of drug-likeness (QED) is 0.686. The second kappa shape index (κ2) is 6.06. The summed E-state index contributed by atoms with van der Waals surface area (Å²) in [6.45, 7) is 5.44. The Morgan fingerprint density at radius 2 is 2.20 bits per heavy atom. The van der Waals surface area contributed by atoms with Crippen LogP contribution in [-0.2, 0) is 16.6 Å². The van der Waals surface area contributed by atoms with Crippen molar-refractivity contribution >= 4 is 15.7 Å². The number of nitrogens with zero attached hydrogens (tertiary/aromatic N) is 3. The third kappa shape index (κ3) is 3.81. The summed E-state index contributed by atoms with van der Waals surface area (Å²) in [6.07, 6.45) is 5.70. The molecule has 0 spiro atoms. The van der Waals surface area contributed by atoms with Crippen molar-refractivity contribution in [3.8, 4) is 0 Å². The average Bonchev–Trinajstić information content (AvgIpc) is 2.99. The number of hydrogen-bond donors (Lipinski definition) is 3. The van der Waals surface area contributed by atoms with E-state index in [9.17, 15) is 8.42 Å². The molecule has 110 valence electrons. The van der Waals surface area contributed by atoms with Crippen LogP contribution in [0.25, 0.3) is 0 Å². The summed E-state index contributed by atoms with van der Waals surface area (Å²) in [5, 5.41) is 13.5. The van der Waals surface area contributed by atoms with E-state index >= 15 is 0 Å². The summed E-state index contributed by atoms with van der Waals surface area (Å²) >= 11 is 0. The highest BCUT2D eigenvalue weighted by molar-refractivity contribution is 7.92. The zero-order valence-electron chi connectivity index (χ0n) is 11.4. The molecular formula is C11H18N6O2S. The van der Waals surface area contributed by atoms with Crippen LogP contribution in [0.15, 0.2) is 29.7 Å². The molecule has 0 saturated carbocycles. The minimum absolute atomic E-state index is 0.128. The number of hydrogen-bond acceptors (Lipinski definition) is 5. The molecule has 2 heterocycles. The molecule has 2 aromatic rings. The van der Waals surface area contributed by atoms with Crippen LogP contribution >= 0.6 is 0 Å². The number of aromatic nitrogens is 4. The summed E-state index contributed by atoms with van der Waals surface area (Å²) in [7, 11) is -3.62. The van der Waals surface area contributed by atoms with Crippen molar-refractivity contribution in [2.45, 2.75) is 31.3 Å². The van der Waals surface area contributed by atoms with Crippen molar-refractivity contribution in [2.24, 2.45) is 0 Å². The lowest BCUT2D eigenvalue weighted by atomic mass is 10.4. The molecule has 3 N–H and O–H groups in total. The Morgan fingerprint density at radius 3 is 2.85 bits per heavy atom. The lowest BCUT2D eigenvalue weighted by Crippen LogP contribution is -2.26. The molecule has 8 nitrogen and oxygen atoms in total. The molecule has 0 atom stereocenters. The van der Waals surface area contributed by atoms with E-state index in [0.29, 0.717) is 18.3 Å². The Labute approximate surface area is 117 Å². The van der Waals surface area contributed by atoms with E-state index in [0.717, 1.165) is 6.54 Å². The van der Waals surface area contributed by atoms with Gasteiger partial charge in [-0.3, -0.25) is 14.5 Å². The standard InChI is InChI=1S/C11H18N6O2S/c1-9(2)12-3-4-17-8-11(7-15-17)20(18,19)16-10-5-13-14-6-10/h5-9,12,16H,3-4H2,1-2H3,(H,13,14). The van der Waals surface area contributed by atoms with Crippen LogP contribution in [0.5, 0.6) is 0 Å². The van der Waals surface area contributed by atoms with Crippen molar-refractivity contribution in [2.75, 3.05) is 11.3 Å². The Kier molecular flexibility index (Phi) is 4.40. The van der Waals surface area contributed by atoms with E-state index in [-0.39, 0.29) is 4.90 Å². The van der Waals surface area contributed by atoms with Gasteiger partial charge in [0.2, 0.25) is 0 Å². The summed E-state index contributed by atoms with van der Waals surface area (Å²) in [5.74, 6) is 0. The molecular weight excluding hydrogens is 280 g/mol. The summed E-state index contributed by atoms with van der Waals surface area (Å²) < 4.78 is 28.2. The molecule has 0 aliphatic rings. The number of H-pyrrole nitrogens is 1. The topological polar surface area (TPSA) is 105 Å². The highest BCUT2D eigenvalue weighted by Gasteiger charge is 2.17. The lowest BCUT2D eigenvalue weighted by Gasteiger charge is -2.07. The fraction of sp³-hybridized carbons (Fsp3) is 0.455. The molecule has 0 unspecified atom stereocenters. The molecule has 0 bridgehead atoms. The van der Waals surface area contributed by atoms with Crippen molar-refractivity contribution in [1.82, 2.24) is 25.3 Å². The Hall–Kier alpha value is -1.87. The molecule has 0 saturated heterocycles. The van der Waals surface area contributed by atoms with Crippen molar-refractivity contribution in [3.05, 3.63) is 24.8 Å². The van der Waals surface area contributed by atoms with Crippen LogP contribution in [0.2, 0.25) is 0 Å². The highest BCUT2D eigenvalue weighted by Crippen LogP contribution is 2.13. The van der Waals surface area contributed by atoms with Crippen LogP contribution < -0.4 is 10.0 Å². The monoisotopic (exact) mass is 298 g/mol. The van der Waals surface area contributed by atoms with Gasteiger partial charge >= 0.3 is 0 Å². The second-order valence-electron chi connectivity index (χ2n) is 4.64. The first-order chi connectivity index (χ1) is 9.47. The van der Waals surface area contributed by atoms with Crippen LogP contribution in [0.4, 0.5) is 5.69 Å². The maximum absolute atomic E-state index is 12.1. The van der Waals surface area contributed by atoms with Crippen LogP contribution in [0.1, 0.15) is 13.8 Å². The van der Waals surface area contributed by atoms with Gasteiger partial charge in [-0.2, -0.15) is 10.2 Å². The second-order valence-corrected chi connectivity index (χ2v) is 6.32. The number of nitrogens with one attached hydrogen (secondary N) is 3. The molecule has 0 amide bonds. The predicted molar refractivity (Wildman–Crippen MR) is 74.8 cm³/mol. The van der Waals surface area contributed by atoms with Gasteiger partial charge in [0.25, 0.3) is 10.0 Å². The van der Waals surface area contributed by atoms with Gasteiger partial charge in [0, 0.05) is 25.0 Å². The third-order valence-corrected chi connectivity index (χ3v) is 3.90. The first-order valence-corrected chi connectivity index (χ1v) is 7.73. The van der Waals surface area contributed by atoms with Gasteiger partial charge in [-0.25, -0.2) is 8.42 Å².